The number of benzene rings is 3. The number of carbonyl (C=O) groups is 1. The zero-order valence-corrected chi connectivity index (χ0v) is 17.2. The van der Waals surface area contributed by atoms with E-state index in [2.05, 4.69) is 10.6 Å². The number of hydrogen-bond donors (Lipinski definition) is 3. The molecule has 0 aliphatic carbocycles. The first kappa shape index (κ1) is 21.1. The van der Waals surface area contributed by atoms with E-state index >= 15 is 0 Å². The monoisotopic (exact) mass is 401 g/mol. The number of nitrogens with two attached hydrogens (primary N) is 1. The molecule has 0 heterocycles. The predicted octanol–water partition coefficient (Wildman–Crippen LogP) is 4.01. The van der Waals surface area contributed by atoms with E-state index in [9.17, 15) is 4.79 Å². The Kier molecular flexibility index (Phi) is 7.24. The molecule has 3 aromatic carbocycles. The maximum Gasteiger partial charge on any atom is 0.180 e. The van der Waals surface area contributed by atoms with Crippen LogP contribution in [0.3, 0.4) is 0 Å². The third-order valence-corrected chi connectivity index (χ3v) is 4.85. The normalized spacial score (nSPS) is 13.2. The molecule has 5 heteroatoms. The summed E-state index contributed by atoms with van der Waals surface area (Å²) in [5.74, 6) is 0.581. The lowest BCUT2D eigenvalue weighted by molar-refractivity contribution is -0.120. The highest BCUT2D eigenvalue weighted by Crippen LogP contribution is 2.27. The summed E-state index contributed by atoms with van der Waals surface area (Å²) < 4.78 is 5.31. The van der Waals surface area contributed by atoms with Gasteiger partial charge in [0.2, 0.25) is 0 Å². The summed E-state index contributed by atoms with van der Waals surface area (Å²) in [5, 5.41) is 6.36. The first-order valence-corrected chi connectivity index (χ1v) is 9.81. The van der Waals surface area contributed by atoms with E-state index < -0.39 is 12.1 Å². The summed E-state index contributed by atoms with van der Waals surface area (Å²) >= 11 is 0. The fourth-order valence-corrected chi connectivity index (χ4v) is 3.32. The molecule has 3 rings (SSSR count). The van der Waals surface area contributed by atoms with Crippen molar-refractivity contribution in [2.75, 3.05) is 19.5 Å². The molecule has 0 amide bonds. The van der Waals surface area contributed by atoms with Crippen LogP contribution in [0, 0.1) is 0 Å². The molecule has 0 aliphatic heterocycles. The maximum absolute atomic E-state index is 13.6. The number of anilines is 1. The van der Waals surface area contributed by atoms with Crippen molar-refractivity contribution in [3.8, 4) is 5.75 Å². The molecule has 30 heavy (non-hydrogen) atoms. The molecule has 4 N–H and O–H groups in total. The molecular formula is C25H27N3O2. The summed E-state index contributed by atoms with van der Waals surface area (Å²) in [5.41, 5.74) is 9.77. The Bertz CT molecular complexity index is 988. The number of Topliss-reactive ketones (excluding diaryl/α,β-unsaturated/α-hetero) is 1. The first-order chi connectivity index (χ1) is 14.6. The van der Waals surface area contributed by atoms with Gasteiger partial charge in [0.05, 0.1) is 13.2 Å². The Labute approximate surface area is 177 Å². The van der Waals surface area contributed by atoms with Crippen LogP contribution in [0.25, 0.3) is 5.57 Å². The van der Waals surface area contributed by atoms with E-state index in [1.165, 1.54) is 0 Å². The fraction of sp³-hybridized carbons (Fsp3) is 0.160. The highest BCUT2D eigenvalue weighted by Gasteiger charge is 2.29. The van der Waals surface area contributed by atoms with Gasteiger partial charge < -0.3 is 21.1 Å². The highest BCUT2D eigenvalue weighted by atomic mass is 16.5. The lowest BCUT2D eigenvalue weighted by Crippen LogP contribution is -2.39. The molecule has 2 unspecified atom stereocenters. The summed E-state index contributed by atoms with van der Waals surface area (Å²) in [6, 6.07) is 25.4. The minimum atomic E-state index is -0.817. The first-order valence-electron chi connectivity index (χ1n) is 9.81. The van der Waals surface area contributed by atoms with Gasteiger partial charge in [-0.2, -0.15) is 0 Å². The van der Waals surface area contributed by atoms with E-state index in [0.29, 0.717) is 5.75 Å². The van der Waals surface area contributed by atoms with Crippen LogP contribution in [0.5, 0.6) is 5.75 Å². The quantitative estimate of drug-likeness (QED) is 0.505. The summed E-state index contributed by atoms with van der Waals surface area (Å²) in [7, 11) is 3.41. The van der Waals surface area contributed by atoms with E-state index in [-0.39, 0.29) is 5.78 Å². The van der Waals surface area contributed by atoms with E-state index in [4.69, 9.17) is 10.5 Å². The molecule has 0 aliphatic rings. The average Bonchev–Trinajstić information content (AvgIpc) is 2.81. The molecule has 0 aromatic heterocycles. The molecule has 0 saturated heterocycles. The molecule has 3 aromatic rings. The van der Waals surface area contributed by atoms with Gasteiger partial charge in [-0.05, 0) is 28.8 Å². The number of ether oxygens (including phenoxy) is 1. The second-order valence-corrected chi connectivity index (χ2v) is 6.85. The second-order valence-electron chi connectivity index (χ2n) is 6.85. The van der Waals surface area contributed by atoms with Crippen LogP contribution in [0.15, 0.2) is 91.1 Å². The highest BCUT2D eigenvalue weighted by molar-refractivity contribution is 6.01. The second kappa shape index (κ2) is 10.3. The van der Waals surface area contributed by atoms with Crippen LogP contribution in [-0.4, -0.2) is 26.0 Å². The lowest BCUT2D eigenvalue weighted by Gasteiger charge is -2.24. The molecule has 154 valence electrons. The van der Waals surface area contributed by atoms with Crippen molar-refractivity contribution in [3.63, 3.8) is 0 Å². The number of ketones is 1. The van der Waals surface area contributed by atoms with E-state index in [1.54, 1.807) is 20.4 Å². The van der Waals surface area contributed by atoms with Crippen LogP contribution in [-0.2, 0) is 4.79 Å². The van der Waals surface area contributed by atoms with E-state index in [0.717, 1.165) is 22.4 Å². The molecule has 0 bridgehead atoms. The average molecular weight is 402 g/mol. The number of nitrogens with one attached hydrogen (secondary N) is 2. The zero-order chi connectivity index (χ0) is 21.3. The van der Waals surface area contributed by atoms with Gasteiger partial charge in [-0.25, -0.2) is 0 Å². The van der Waals surface area contributed by atoms with Gasteiger partial charge in [-0.1, -0.05) is 66.7 Å². The zero-order valence-electron chi connectivity index (χ0n) is 17.2. The van der Waals surface area contributed by atoms with Crippen molar-refractivity contribution in [3.05, 3.63) is 102 Å². The smallest absolute Gasteiger partial charge is 0.180 e. The van der Waals surface area contributed by atoms with Gasteiger partial charge in [-0.15, -0.1) is 0 Å². The number of hydrogen-bond acceptors (Lipinski definition) is 5. The Morgan fingerprint density at radius 1 is 0.967 bits per heavy atom. The van der Waals surface area contributed by atoms with Gasteiger partial charge in [-0.3, -0.25) is 4.79 Å². The molecule has 0 spiro atoms. The van der Waals surface area contributed by atoms with Crippen molar-refractivity contribution >= 4 is 17.0 Å². The SMILES string of the molecule is CN/C=C(/c1ccccc1)C(N)C(=O)C(Nc1cccc(OC)c1)c1ccccc1. The van der Waals surface area contributed by atoms with Crippen LogP contribution in [0.1, 0.15) is 17.2 Å². The Balaban J connectivity index is 1.95. The van der Waals surface area contributed by atoms with Crippen LogP contribution in [0.4, 0.5) is 5.69 Å². The van der Waals surface area contributed by atoms with Crippen LogP contribution < -0.4 is 21.1 Å². The third kappa shape index (κ3) is 5.07. The van der Waals surface area contributed by atoms with Crippen molar-refractivity contribution in [1.82, 2.24) is 5.32 Å². The Morgan fingerprint density at radius 3 is 2.27 bits per heavy atom. The summed E-state index contributed by atoms with van der Waals surface area (Å²) in [6.45, 7) is 0. The van der Waals surface area contributed by atoms with Crippen molar-refractivity contribution < 1.29 is 9.53 Å². The number of methoxy groups -OCH3 is 1. The van der Waals surface area contributed by atoms with Crippen LogP contribution >= 0.6 is 0 Å². The largest absolute Gasteiger partial charge is 0.497 e. The van der Waals surface area contributed by atoms with Gasteiger partial charge in [0, 0.05) is 25.0 Å². The van der Waals surface area contributed by atoms with Gasteiger partial charge in [0.1, 0.15) is 11.8 Å². The Hall–Kier alpha value is -3.57. The molecule has 0 radical (unpaired) electrons. The minimum Gasteiger partial charge on any atom is -0.497 e. The summed E-state index contributed by atoms with van der Waals surface area (Å²) in [4.78, 5) is 13.6. The minimum absolute atomic E-state index is 0.130. The van der Waals surface area contributed by atoms with Gasteiger partial charge in [0.15, 0.2) is 5.78 Å². The lowest BCUT2D eigenvalue weighted by atomic mass is 9.90. The van der Waals surface area contributed by atoms with E-state index in [1.807, 2.05) is 84.9 Å². The maximum atomic E-state index is 13.6. The molecule has 0 fully saturated rings. The third-order valence-electron chi connectivity index (χ3n) is 4.85. The number of rotatable bonds is 9. The van der Waals surface area contributed by atoms with Gasteiger partial charge >= 0.3 is 0 Å². The topological polar surface area (TPSA) is 76.4 Å². The molecule has 0 saturated carbocycles. The van der Waals surface area contributed by atoms with Crippen molar-refractivity contribution in [2.24, 2.45) is 5.73 Å². The van der Waals surface area contributed by atoms with Gasteiger partial charge in [0.25, 0.3) is 0 Å². The standard InChI is InChI=1S/C25H27N3O2/c1-27-17-22(18-10-5-3-6-11-18)23(26)25(29)24(19-12-7-4-8-13-19)28-20-14-9-15-21(16-20)30-2/h3-17,23-24,27-28H,26H2,1-2H3/b22-17-. The van der Waals surface area contributed by atoms with Crippen molar-refractivity contribution in [1.29, 1.82) is 0 Å². The Morgan fingerprint density at radius 2 is 1.63 bits per heavy atom. The molecular weight excluding hydrogens is 374 g/mol. The predicted molar refractivity (Wildman–Crippen MR) is 122 cm³/mol. The molecule has 2 atom stereocenters. The van der Waals surface area contributed by atoms with Crippen molar-refractivity contribution in [2.45, 2.75) is 12.1 Å². The molecule has 5 nitrogen and oxygen atoms in total. The fourth-order valence-electron chi connectivity index (χ4n) is 3.32. The number of carbonyl (C=O) groups excluding carboxylic acids is 1. The summed E-state index contributed by atoms with van der Waals surface area (Å²) in [6.07, 6.45) is 1.78. The van der Waals surface area contributed by atoms with Crippen LogP contribution in [0.2, 0.25) is 0 Å².